The number of nitrogens with one attached hydrogen (secondary N) is 2. The molecule has 0 saturated heterocycles. The molecule has 0 radical (unpaired) electrons. The highest BCUT2D eigenvalue weighted by Crippen LogP contribution is 2.27. The van der Waals surface area contributed by atoms with Gasteiger partial charge < -0.3 is 5.32 Å². The molecule has 5 nitrogen and oxygen atoms in total. The minimum Gasteiger partial charge on any atom is -0.348 e. The zero-order chi connectivity index (χ0) is 22.8. The molecule has 3 rings (SSSR count). The molecule has 0 aliphatic heterocycles. The maximum Gasteiger partial charge on any atom is 0.263 e. The van der Waals surface area contributed by atoms with Crippen LogP contribution in [0.5, 0.6) is 0 Å². The Morgan fingerprint density at radius 1 is 0.903 bits per heavy atom. The minimum atomic E-state index is -4.02. The number of carbonyl (C=O) groups is 1. The van der Waals surface area contributed by atoms with Crippen LogP contribution in [0.2, 0.25) is 15.1 Å². The zero-order valence-electron chi connectivity index (χ0n) is 16.7. The van der Waals surface area contributed by atoms with Gasteiger partial charge >= 0.3 is 0 Å². The van der Waals surface area contributed by atoms with Crippen molar-refractivity contribution in [3.05, 3.63) is 91.9 Å². The lowest BCUT2D eigenvalue weighted by Crippen LogP contribution is -2.23. The summed E-state index contributed by atoms with van der Waals surface area (Å²) >= 11 is 18.2. The summed E-state index contributed by atoms with van der Waals surface area (Å²) < 4.78 is 28.5. The first-order valence-corrected chi connectivity index (χ1v) is 11.8. The molecule has 1 amide bonds. The maximum atomic E-state index is 13.0. The van der Waals surface area contributed by atoms with Gasteiger partial charge in [-0.15, -0.1) is 0 Å². The van der Waals surface area contributed by atoms with E-state index in [-0.39, 0.29) is 22.0 Å². The summed E-state index contributed by atoms with van der Waals surface area (Å²) in [5.74, 6) is -0.467. The third kappa shape index (κ3) is 5.71. The first-order valence-electron chi connectivity index (χ1n) is 9.18. The van der Waals surface area contributed by atoms with Crippen molar-refractivity contribution in [1.82, 2.24) is 5.32 Å². The topological polar surface area (TPSA) is 75.3 Å². The zero-order valence-corrected chi connectivity index (χ0v) is 19.8. The van der Waals surface area contributed by atoms with Gasteiger partial charge in [-0.25, -0.2) is 8.42 Å². The van der Waals surface area contributed by atoms with Crippen molar-refractivity contribution >= 4 is 56.4 Å². The van der Waals surface area contributed by atoms with Crippen molar-refractivity contribution < 1.29 is 13.2 Å². The number of benzene rings is 3. The average Bonchev–Trinajstić information content (AvgIpc) is 2.70. The van der Waals surface area contributed by atoms with Gasteiger partial charge in [0.1, 0.15) is 4.90 Å². The molecule has 3 aromatic rings. The number of hydrogen-bond donors (Lipinski definition) is 2. The van der Waals surface area contributed by atoms with Crippen LogP contribution >= 0.6 is 34.8 Å². The number of sulfonamides is 1. The van der Waals surface area contributed by atoms with E-state index >= 15 is 0 Å². The Balaban J connectivity index is 1.83. The fourth-order valence-electron chi connectivity index (χ4n) is 2.84. The maximum absolute atomic E-state index is 13.0. The highest BCUT2D eigenvalue weighted by Gasteiger charge is 2.21. The van der Waals surface area contributed by atoms with Crippen molar-refractivity contribution in [3.8, 4) is 0 Å². The Hall–Kier alpha value is -2.25. The molecule has 3 aromatic carbocycles. The number of aryl methyl sites for hydroxylation is 2. The summed E-state index contributed by atoms with van der Waals surface area (Å²) in [5.41, 5.74) is 2.94. The number of halogens is 3. The molecule has 0 spiro atoms. The SMILES string of the molecule is Cc1ccc(C)c(NS(=O)(=O)c2cc(C(=O)NCc3ccc(Cl)cc3Cl)ccc2Cl)c1. The van der Waals surface area contributed by atoms with Gasteiger partial charge in [0.25, 0.3) is 15.9 Å². The second kappa shape index (κ2) is 9.49. The van der Waals surface area contributed by atoms with Crippen molar-refractivity contribution in [2.45, 2.75) is 25.3 Å². The number of rotatable bonds is 6. The molecular weight excluding hydrogens is 479 g/mol. The first-order chi connectivity index (χ1) is 14.6. The summed E-state index contributed by atoms with van der Waals surface area (Å²) in [6.45, 7) is 3.81. The monoisotopic (exact) mass is 496 g/mol. The molecule has 0 bridgehead atoms. The molecule has 162 valence electrons. The van der Waals surface area contributed by atoms with Crippen LogP contribution in [0.4, 0.5) is 5.69 Å². The van der Waals surface area contributed by atoms with E-state index in [9.17, 15) is 13.2 Å². The van der Waals surface area contributed by atoms with E-state index in [1.165, 1.54) is 18.2 Å². The molecular formula is C22H19Cl3N2O3S. The molecule has 0 heterocycles. The Labute approximate surface area is 196 Å². The van der Waals surface area contributed by atoms with E-state index in [1.807, 2.05) is 19.1 Å². The van der Waals surface area contributed by atoms with Crippen LogP contribution in [0.25, 0.3) is 0 Å². The first kappa shape index (κ1) is 23.4. The molecule has 0 atom stereocenters. The van der Waals surface area contributed by atoms with Crippen molar-refractivity contribution in [2.75, 3.05) is 4.72 Å². The molecule has 9 heteroatoms. The Morgan fingerprint density at radius 3 is 2.35 bits per heavy atom. The van der Waals surface area contributed by atoms with Gasteiger partial charge in [0.2, 0.25) is 0 Å². The molecule has 31 heavy (non-hydrogen) atoms. The second-order valence-corrected chi connectivity index (χ2v) is 9.89. The van der Waals surface area contributed by atoms with Gasteiger partial charge in [0, 0.05) is 22.2 Å². The van der Waals surface area contributed by atoms with Crippen LogP contribution in [0.15, 0.2) is 59.5 Å². The van der Waals surface area contributed by atoms with Crippen molar-refractivity contribution in [1.29, 1.82) is 0 Å². The van der Waals surface area contributed by atoms with Crippen LogP contribution in [-0.2, 0) is 16.6 Å². The van der Waals surface area contributed by atoms with E-state index in [4.69, 9.17) is 34.8 Å². The van der Waals surface area contributed by atoms with E-state index in [2.05, 4.69) is 10.0 Å². The fraction of sp³-hybridized carbons (Fsp3) is 0.136. The molecule has 0 aliphatic carbocycles. The van der Waals surface area contributed by atoms with Crippen molar-refractivity contribution in [3.63, 3.8) is 0 Å². The number of anilines is 1. The average molecular weight is 498 g/mol. The van der Waals surface area contributed by atoms with Crippen LogP contribution in [0, 0.1) is 13.8 Å². The predicted molar refractivity (Wildman–Crippen MR) is 126 cm³/mol. The van der Waals surface area contributed by atoms with Gasteiger partial charge in [0.05, 0.1) is 10.7 Å². The standard InChI is InChI=1S/C22H19Cl3N2O3S/c1-13-3-4-14(2)20(9-13)27-31(29,30)21-10-15(6-8-18(21)24)22(28)26-12-16-5-7-17(23)11-19(16)25/h3-11,27H,12H2,1-2H3,(H,26,28). The smallest absolute Gasteiger partial charge is 0.263 e. The molecule has 0 aliphatic rings. The van der Waals surface area contributed by atoms with Gasteiger partial charge in [-0.3, -0.25) is 9.52 Å². The molecule has 0 fully saturated rings. The third-order valence-electron chi connectivity index (χ3n) is 4.57. The molecule has 2 N–H and O–H groups in total. The van der Waals surface area contributed by atoms with Gasteiger partial charge in [-0.2, -0.15) is 0 Å². The van der Waals surface area contributed by atoms with Crippen LogP contribution < -0.4 is 10.0 Å². The van der Waals surface area contributed by atoms with E-state index in [1.54, 1.807) is 31.2 Å². The highest BCUT2D eigenvalue weighted by atomic mass is 35.5. The predicted octanol–water partition coefficient (Wildman–Crippen LogP) is 5.99. The summed E-state index contributed by atoms with van der Waals surface area (Å²) in [5, 5.41) is 3.64. The van der Waals surface area contributed by atoms with Crippen LogP contribution in [0.1, 0.15) is 27.0 Å². The van der Waals surface area contributed by atoms with Gasteiger partial charge in [0.15, 0.2) is 0 Å². The number of hydrogen-bond acceptors (Lipinski definition) is 3. The van der Waals surface area contributed by atoms with Crippen molar-refractivity contribution in [2.24, 2.45) is 0 Å². The largest absolute Gasteiger partial charge is 0.348 e. The van der Waals surface area contributed by atoms with Gasteiger partial charge in [-0.05, 0) is 66.9 Å². The fourth-order valence-corrected chi connectivity index (χ4v) is 4.96. The Kier molecular flexibility index (Phi) is 7.17. The quantitative estimate of drug-likeness (QED) is 0.439. The third-order valence-corrected chi connectivity index (χ3v) is 7.01. The van der Waals surface area contributed by atoms with E-state index < -0.39 is 15.9 Å². The second-order valence-electron chi connectivity index (χ2n) is 6.99. The number of amides is 1. The van der Waals surface area contributed by atoms with Crippen LogP contribution in [-0.4, -0.2) is 14.3 Å². The minimum absolute atomic E-state index is 0.00935. The summed E-state index contributed by atoms with van der Waals surface area (Å²) in [4.78, 5) is 12.4. The molecule has 0 saturated carbocycles. The van der Waals surface area contributed by atoms with Crippen LogP contribution in [0.3, 0.4) is 0 Å². The lowest BCUT2D eigenvalue weighted by Gasteiger charge is -2.14. The Bertz CT molecular complexity index is 1260. The summed E-state index contributed by atoms with van der Waals surface area (Å²) in [7, 11) is -4.02. The lowest BCUT2D eigenvalue weighted by molar-refractivity contribution is 0.0950. The highest BCUT2D eigenvalue weighted by molar-refractivity contribution is 7.92. The van der Waals surface area contributed by atoms with E-state index in [0.29, 0.717) is 21.3 Å². The Morgan fingerprint density at radius 2 is 1.65 bits per heavy atom. The summed E-state index contributed by atoms with van der Waals surface area (Å²) in [6.07, 6.45) is 0. The van der Waals surface area contributed by atoms with E-state index in [0.717, 1.165) is 11.1 Å². The summed E-state index contributed by atoms with van der Waals surface area (Å²) in [6, 6.07) is 14.5. The molecule has 0 unspecified atom stereocenters. The molecule has 0 aromatic heterocycles. The normalized spacial score (nSPS) is 11.3. The van der Waals surface area contributed by atoms with Gasteiger partial charge in [-0.1, -0.05) is 53.0 Å². The number of carbonyl (C=O) groups excluding carboxylic acids is 1. The lowest BCUT2D eigenvalue weighted by atomic mass is 10.1.